The Labute approximate surface area is 169 Å². The van der Waals surface area contributed by atoms with Gasteiger partial charge in [-0.1, -0.05) is 36.4 Å². The average molecular weight is 387 g/mol. The normalized spacial score (nSPS) is 15.8. The molecule has 1 heterocycles. The molecule has 4 rings (SSSR count). The first-order chi connectivity index (χ1) is 14.2. The van der Waals surface area contributed by atoms with E-state index in [1.807, 2.05) is 60.7 Å². The van der Waals surface area contributed by atoms with Crippen LogP contribution in [0, 0.1) is 0 Å². The Morgan fingerprint density at radius 3 is 2.17 bits per heavy atom. The van der Waals surface area contributed by atoms with Crippen LogP contribution in [0.3, 0.4) is 0 Å². The summed E-state index contributed by atoms with van der Waals surface area (Å²) < 4.78 is 5.74. The fraction of sp³-hybridized carbons (Fsp3) is 0.130. The lowest BCUT2D eigenvalue weighted by Gasteiger charge is -2.17. The van der Waals surface area contributed by atoms with Gasteiger partial charge in [0, 0.05) is 24.3 Å². The highest BCUT2D eigenvalue weighted by atomic mass is 16.5. The van der Waals surface area contributed by atoms with Crippen molar-refractivity contribution in [2.24, 2.45) is 0 Å². The van der Waals surface area contributed by atoms with Gasteiger partial charge < -0.3 is 20.3 Å². The lowest BCUT2D eigenvalue weighted by molar-refractivity contribution is -0.117. The van der Waals surface area contributed by atoms with Gasteiger partial charge in [-0.25, -0.2) is 4.79 Å². The topological polar surface area (TPSA) is 70.7 Å². The van der Waals surface area contributed by atoms with Gasteiger partial charge in [0.1, 0.15) is 11.5 Å². The van der Waals surface area contributed by atoms with Gasteiger partial charge in [0.05, 0.1) is 6.04 Å². The molecule has 0 aromatic heterocycles. The zero-order chi connectivity index (χ0) is 20.1. The van der Waals surface area contributed by atoms with E-state index >= 15 is 0 Å². The summed E-state index contributed by atoms with van der Waals surface area (Å²) in [6, 6.07) is 25.5. The number of benzene rings is 3. The molecule has 3 aromatic rings. The van der Waals surface area contributed by atoms with Crippen LogP contribution in [-0.2, 0) is 4.79 Å². The van der Waals surface area contributed by atoms with Crippen LogP contribution >= 0.6 is 0 Å². The van der Waals surface area contributed by atoms with E-state index in [0.717, 1.165) is 11.4 Å². The summed E-state index contributed by atoms with van der Waals surface area (Å²) in [5, 5.41) is 5.66. The molecule has 0 bridgehead atoms. The molecule has 3 aromatic carbocycles. The second-order valence-corrected chi connectivity index (χ2v) is 6.78. The third kappa shape index (κ3) is 4.73. The van der Waals surface area contributed by atoms with E-state index in [1.54, 1.807) is 29.2 Å². The molecule has 1 aliphatic rings. The van der Waals surface area contributed by atoms with Crippen molar-refractivity contribution in [3.8, 4) is 11.5 Å². The highest BCUT2D eigenvalue weighted by molar-refractivity contribution is 5.97. The first-order valence-corrected chi connectivity index (χ1v) is 9.43. The van der Waals surface area contributed by atoms with E-state index in [0.29, 0.717) is 18.0 Å². The maximum atomic E-state index is 12.3. The summed E-state index contributed by atoms with van der Waals surface area (Å²) in [4.78, 5) is 26.3. The summed E-state index contributed by atoms with van der Waals surface area (Å²) in [5.41, 5.74) is 1.49. The third-order valence-corrected chi connectivity index (χ3v) is 4.62. The van der Waals surface area contributed by atoms with E-state index in [1.165, 1.54) is 0 Å². The second kappa shape index (κ2) is 8.48. The maximum absolute atomic E-state index is 12.3. The monoisotopic (exact) mass is 387 g/mol. The fourth-order valence-corrected chi connectivity index (χ4v) is 3.25. The van der Waals surface area contributed by atoms with Crippen molar-refractivity contribution in [2.75, 3.05) is 16.8 Å². The number of urea groups is 1. The number of nitrogens with one attached hydrogen (secondary N) is 2. The van der Waals surface area contributed by atoms with Crippen LogP contribution < -0.4 is 20.3 Å². The zero-order valence-corrected chi connectivity index (χ0v) is 15.7. The van der Waals surface area contributed by atoms with Gasteiger partial charge in [-0.05, 0) is 48.5 Å². The van der Waals surface area contributed by atoms with Gasteiger partial charge in [0.25, 0.3) is 0 Å². The Morgan fingerprint density at radius 1 is 0.862 bits per heavy atom. The van der Waals surface area contributed by atoms with Crippen LogP contribution in [0.4, 0.5) is 16.2 Å². The minimum atomic E-state index is -0.338. The molecule has 1 fully saturated rings. The summed E-state index contributed by atoms with van der Waals surface area (Å²) >= 11 is 0. The number of amides is 3. The number of hydrogen-bond donors (Lipinski definition) is 2. The Balaban J connectivity index is 1.30. The predicted molar refractivity (Wildman–Crippen MR) is 112 cm³/mol. The lowest BCUT2D eigenvalue weighted by atomic mass is 10.2. The molecule has 0 saturated carbocycles. The average Bonchev–Trinajstić information content (AvgIpc) is 3.10. The fourth-order valence-electron chi connectivity index (χ4n) is 3.25. The highest BCUT2D eigenvalue weighted by Gasteiger charge is 2.31. The first kappa shape index (κ1) is 18.6. The molecule has 3 amide bonds. The van der Waals surface area contributed by atoms with Gasteiger partial charge in [-0.3, -0.25) is 4.79 Å². The number of carbonyl (C=O) groups excluding carboxylic acids is 2. The summed E-state index contributed by atoms with van der Waals surface area (Å²) in [6.45, 7) is 0.458. The molecule has 1 aliphatic heterocycles. The van der Waals surface area contributed by atoms with Crippen LogP contribution in [0.15, 0.2) is 84.9 Å². The Kier molecular flexibility index (Phi) is 5.42. The maximum Gasteiger partial charge on any atom is 0.319 e. The summed E-state index contributed by atoms with van der Waals surface area (Å²) in [7, 11) is 0. The van der Waals surface area contributed by atoms with Gasteiger partial charge in [0.2, 0.25) is 5.91 Å². The molecular formula is C23H21N3O3. The number of para-hydroxylation sites is 2. The van der Waals surface area contributed by atoms with Crippen LogP contribution in [0.25, 0.3) is 0 Å². The third-order valence-electron chi connectivity index (χ3n) is 4.62. The molecule has 0 radical (unpaired) electrons. The predicted octanol–water partition coefficient (Wildman–Crippen LogP) is 4.41. The van der Waals surface area contributed by atoms with Crippen LogP contribution in [0.5, 0.6) is 11.5 Å². The molecule has 0 spiro atoms. The van der Waals surface area contributed by atoms with E-state index in [-0.39, 0.29) is 24.4 Å². The van der Waals surface area contributed by atoms with Gasteiger partial charge >= 0.3 is 6.03 Å². The molecular weight excluding hydrogens is 366 g/mol. The zero-order valence-electron chi connectivity index (χ0n) is 15.7. The van der Waals surface area contributed by atoms with Crippen molar-refractivity contribution >= 4 is 23.3 Å². The number of rotatable bonds is 5. The molecule has 1 atom stereocenters. The Bertz CT molecular complexity index is 975. The van der Waals surface area contributed by atoms with Gasteiger partial charge in [0.15, 0.2) is 0 Å². The number of ether oxygens (including phenoxy) is 1. The minimum Gasteiger partial charge on any atom is -0.457 e. The van der Waals surface area contributed by atoms with Gasteiger partial charge in [-0.2, -0.15) is 0 Å². The molecule has 29 heavy (non-hydrogen) atoms. The van der Waals surface area contributed by atoms with Crippen LogP contribution in [0.1, 0.15) is 6.42 Å². The van der Waals surface area contributed by atoms with Crippen LogP contribution in [0.2, 0.25) is 0 Å². The van der Waals surface area contributed by atoms with E-state index in [2.05, 4.69) is 10.6 Å². The van der Waals surface area contributed by atoms with E-state index in [4.69, 9.17) is 4.74 Å². The SMILES string of the molecule is O=C(Nc1ccc(Oc2ccccc2)cc1)N[C@H]1CC(=O)N(c2ccccc2)C1. The van der Waals surface area contributed by atoms with Crippen molar-refractivity contribution in [2.45, 2.75) is 12.5 Å². The van der Waals surface area contributed by atoms with Crippen molar-refractivity contribution in [3.63, 3.8) is 0 Å². The molecule has 0 unspecified atom stereocenters. The summed E-state index contributed by atoms with van der Waals surface area (Å²) in [6.07, 6.45) is 0.284. The molecule has 6 nitrogen and oxygen atoms in total. The molecule has 2 N–H and O–H groups in total. The van der Waals surface area contributed by atoms with Crippen molar-refractivity contribution in [1.29, 1.82) is 0 Å². The molecule has 146 valence electrons. The molecule has 6 heteroatoms. The van der Waals surface area contributed by atoms with Crippen molar-refractivity contribution < 1.29 is 14.3 Å². The summed E-state index contributed by atoms with van der Waals surface area (Å²) in [5.74, 6) is 1.44. The number of anilines is 2. The second-order valence-electron chi connectivity index (χ2n) is 6.78. The Morgan fingerprint density at radius 2 is 1.48 bits per heavy atom. The quantitative estimate of drug-likeness (QED) is 0.681. The number of carbonyl (C=O) groups is 2. The molecule has 0 aliphatic carbocycles. The van der Waals surface area contributed by atoms with Crippen molar-refractivity contribution in [1.82, 2.24) is 5.32 Å². The largest absolute Gasteiger partial charge is 0.457 e. The number of nitrogens with zero attached hydrogens (tertiary/aromatic N) is 1. The van der Waals surface area contributed by atoms with E-state index < -0.39 is 0 Å². The molecule has 1 saturated heterocycles. The highest BCUT2D eigenvalue weighted by Crippen LogP contribution is 2.23. The standard InChI is InChI=1S/C23H21N3O3/c27-22-15-18(16-26(22)19-7-3-1-4-8-19)25-23(28)24-17-11-13-21(14-12-17)29-20-9-5-2-6-10-20/h1-14,18H,15-16H2,(H2,24,25,28)/t18-/m0/s1. The van der Waals surface area contributed by atoms with E-state index in [9.17, 15) is 9.59 Å². The number of hydrogen-bond acceptors (Lipinski definition) is 3. The first-order valence-electron chi connectivity index (χ1n) is 9.43. The smallest absolute Gasteiger partial charge is 0.319 e. The van der Waals surface area contributed by atoms with Crippen LogP contribution in [-0.4, -0.2) is 24.5 Å². The Hall–Kier alpha value is -3.80. The van der Waals surface area contributed by atoms with Gasteiger partial charge in [-0.15, -0.1) is 0 Å². The lowest BCUT2D eigenvalue weighted by Crippen LogP contribution is -2.39. The minimum absolute atomic E-state index is 0.00362. The van der Waals surface area contributed by atoms with Crippen molar-refractivity contribution in [3.05, 3.63) is 84.9 Å².